The van der Waals surface area contributed by atoms with Crippen molar-refractivity contribution >= 4 is 43.5 Å². The van der Waals surface area contributed by atoms with Gasteiger partial charge in [-0.15, -0.1) is 0 Å². The van der Waals surface area contributed by atoms with Crippen LogP contribution in [-0.2, 0) is 26.2 Å². The third-order valence-corrected chi connectivity index (χ3v) is 9.82. The molecule has 4 rings (SSSR count). The Kier molecular flexibility index (Phi) is 11.2. The minimum atomic E-state index is -4.27. The number of halogens is 2. The van der Waals surface area contributed by atoms with Gasteiger partial charge in [0, 0.05) is 17.1 Å². The van der Waals surface area contributed by atoms with Gasteiger partial charge in [-0.3, -0.25) is 13.9 Å². The van der Waals surface area contributed by atoms with Crippen LogP contribution in [-0.4, -0.2) is 50.4 Å². The van der Waals surface area contributed by atoms with Crippen LogP contribution in [0, 0.1) is 5.82 Å². The van der Waals surface area contributed by atoms with Crippen LogP contribution in [0.4, 0.5) is 10.1 Å². The molecule has 0 unspecified atom stereocenters. The predicted molar refractivity (Wildman–Crippen MR) is 168 cm³/mol. The Bertz CT molecular complexity index is 1480. The zero-order valence-electron chi connectivity index (χ0n) is 24.3. The number of carbonyl (C=O) groups excluding carboxylic acids is 2. The van der Waals surface area contributed by atoms with Crippen molar-refractivity contribution in [2.45, 2.75) is 69.5 Å². The van der Waals surface area contributed by atoms with Crippen LogP contribution in [0.1, 0.15) is 51.5 Å². The van der Waals surface area contributed by atoms with Gasteiger partial charge in [0.15, 0.2) is 0 Å². The average molecular weight is 675 g/mol. The zero-order chi connectivity index (χ0) is 31.0. The van der Waals surface area contributed by atoms with Crippen molar-refractivity contribution in [1.29, 1.82) is 0 Å². The normalized spacial score (nSPS) is 14.5. The molecular weight excluding hydrogens is 637 g/mol. The van der Waals surface area contributed by atoms with Crippen molar-refractivity contribution in [1.82, 2.24) is 10.2 Å². The molecule has 8 nitrogen and oxygen atoms in total. The van der Waals surface area contributed by atoms with E-state index in [2.05, 4.69) is 21.2 Å². The van der Waals surface area contributed by atoms with Gasteiger partial charge in [-0.25, -0.2) is 12.8 Å². The Labute approximate surface area is 261 Å². The lowest BCUT2D eigenvalue weighted by Crippen LogP contribution is -2.53. The Morgan fingerprint density at radius 3 is 2.21 bits per heavy atom. The lowest BCUT2D eigenvalue weighted by molar-refractivity contribution is -0.139. The number of anilines is 1. The molecule has 0 saturated heterocycles. The molecule has 0 radical (unpaired) electrons. The summed E-state index contributed by atoms with van der Waals surface area (Å²) in [4.78, 5) is 28.8. The number of hydrogen-bond acceptors (Lipinski definition) is 5. The molecule has 1 saturated carbocycles. The summed E-state index contributed by atoms with van der Waals surface area (Å²) in [5, 5.41) is 3.09. The first kappa shape index (κ1) is 32.5. The van der Waals surface area contributed by atoms with Crippen LogP contribution in [0.25, 0.3) is 0 Å². The number of benzene rings is 3. The molecule has 3 aromatic carbocycles. The topological polar surface area (TPSA) is 96.0 Å². The second-order valence-corrected chi connectivity index (χ2v) is 13.3. The number of carbonyl (C=O) groups is 2. The highest BCUT2D eigenvalue weighted by Gasteiger charge is 2.33. The highest BCUT2D eigenvalue weighted by atomic mass is 79.9. The van der Waals surface area contributed by atoms with Gasteiger partial charge < -0.3 is 15.0 Å². The summed E-state index contributed by atoms with van der Waals surface area (Å²) in [5.74, 6) is -0.907. The second kappa shape index (κ2) is 14.8. The third kappa shape index (κ3) is 8.57. The Balaban J connectivity index is 1.66. The van der Waals surface area contributed by atoms with E-state index in [1.807, 2.05) is 31.2 Å². The van der Waals surface area contributed by atoms with Crippen molar-refractivity contribution in [3.8, 4) is 5.75 Å². The maximum absolute atomic E-state index is 14.1. The highest BCUT2D eigenvalue weighted by Crippen LogP contribution is 2.27. The molecule has 1 atom stereocenters. The third-order valence-electron chi connectivity index (χ3n) is 7.50. The molecule has 1 aliphatic rings. The number of hydrogen-bond donors (Lipinski definition) is 1. The smallest absolute Gasteiger partial charge is 0.264 e. The molecule has 1 aliphatic carbocycles. The minimum Gasteiger partial charge on any atom is -0.494 e. The number of nitrogens with one attached hydrogen (secondary N) is 1. The van der Waals surface area contributed by atoms with Gasteiger partial charge in [0.1, 0.15) is 24.2 Å². The Morgan fingerprint density at radius 1 is 0.977 bits per heavy atom. The van der Waals surface area contributed by atoms with Crippen molar-refractivity contribution in [2.24, 2.45) is 0 Å². The first-order valence-electron chi connectivity index (χ1n) is 14.4. The van der Waals surface area contributed by atoms with E-state index in [-0.39, 0.29) is 29.1 Å². The van der Waals surface area contributed by atoms with Gasteiger partial charge >= 0.3 is 0 Å². The van der Waals surface area contributed by atoms with Gasteiger partial charge in [0.2, 0.25) is 11.8 Å². The zero-order valence-corrected chi connectivity index (χ0v) is 26.7. The fourth-order valence-electron chi connectivity index (χ4n) is 5.08. The van der Waals surface area contributed by atoms with Gasteiger partial charge in [0.05, 0.1) is 17.2 Å². The number of sulfonamides is 1. The monoisotopic (exact) mass is 673 g/mol. The van der Waals surface area contributed by atoms with Crippen molar-refractivity contribution < 1.29 is 27.1 Å². The van der Waals surface area contributed by atoms with E-state index >= 15 is 0 Å². The summed E-state index contributed by atoms with van der Waals surface area (Å²) in [5.41, 5.74) is 0.892. The maximum atomic E-state index is 14.1. The second-order valence-electron chi connectivity index (χ2n) is 10.6. The lowest BCUT2D eigenvalue weighted by Gasteiger charge is -2.33. The molecule has 0 spiro atoms. The summed E-state index contributed by atoms with van der Waals surface area (Å²) >= 11 is 3.42. The molecule has 1 N–H and O–H groups in total. The summed E-state index contributed by atoms with van der Waals surface area (Å²) in [6.07, 6.45) is 4.99. The van der Waals surface area contributed by atoms with Crippen LogP contribution in [0.5, 0.6) is 5.75 Å². The molecule has 0 heterocycles. The molecule has 2 amide bonds. The lowest BCUT2D eigenvalue weighted by atomic mass is 9.95. The van der Waals surface area contributed by atoms with Gasteiger partial charge in [-0.1, -0.05) is 47.3 Å². The molecule has 1 fully saturated rings. The number of ether oxygens (including phenoxy) is 1. The van der Waals surface area contributed by atoms with Crippen LogP contribution in [0.15, 0.2) is 82.2 Å². The summed E-state index contributed by atoms with van der Waals surface area (Å²) in [6.45, 7) is 3.38. The van der Waals surface area contributed by atoms with Crippen molar-refractivity contribution in [2.75, 3.05) is 17.5 Å². The molecule has 43 heavy (non-hydrogen) atoms. The molecule has 3 aromatic rings. The van der Waals surface area contributed by atoms with E-state index in [9.17, 15) is 22.4 Å². The fourth-order valence-corrected chi connectivity index (χ4v) is 6.75. The maximum Gasteiger partial charge on any atom is 0.264 e. The molecule has 0 bridgehead atoms. The Morgan fingerprint density at radius 2 is 1.60 bits per heavy atom. The molecule has 11 heteroatoms. The van der Waals surface area contributed by atoms with Gasteiger partial charge in [-0.05, 0) is 92.9 Å². The van der Waals surface area contributed by atoms with E-state index in [4.69, 9.17) is 4.74 Å². The minimum absolute atomic E-state index is 0.0454. The number of nitrogens with zero attached hydrogens (tertiary/aromatic N) is 2. The SMILES string of the molecule is CCOc1ccc(S(=O)(=O)N(CC(=O)N(Cc2ccc(Br)cc2)[C@H](C)C(=O)NC2CCCCC2)c2ccc(F)cc2)cc1. The van der Waals surface area contributed by atoms with Crippen molar-refractivity contribution in [3.05, 3.63) is 88.6 Å². The first-order valence-corrected chi connectivity index (χ1v) is 16.7. The van der Waals surface area contributed by atoms with Crippen LogP contribution in [0.3, 0.4) is 0 Å². The molecule has 230 valence electrons. The average Bonchev–Trinajstić information content (AvgIpc) is 3.00. The predicted octanol–water partition coefficient (Wildman–Crippen LogP) is 6.05. The van der Waals surface area contributed by atoms with Crippen LogP contribution in [0.2, 0.25) is 0 Å². The van der Waals surface area contributed by atoms with E-state index in [0.717, 1.165) is 58.6 Å². The number of rotatable bonds is 12. The quantitative estimate of drug-likeness (QED) is 0.253. The van der Waals surface area contributed by atoms with Crippen LogP contribution >= 0.6 is 15.9 Å². The molecule has 0 aromatic heterocycles. The van der Waals surface area contributed by atoms with E-state index in [0.29, 0.717) is 12.4 Å². The molecular formula is C32H37BrFN3O5S. The van der Waals surface area contributed by atoms with E-state index < -0.39 is 34.3 Å². The van der Waals surface area contributed by atoms with E-state index in [1.54, 1.807) is 19.1 Å². The summed E-state index contributed by atoms with van der Waals surface area (Å²) < 4.78 is 49.0. The van der Waals surface area contributed by atoms with Gasteiger partial charge in [-0.2, -0.15) is 0 Å². The van der Waals surface area contributed by atoms with E-state index in [1.165, 1.54) is 29.2 Å². The summed E-state index contributed by atoms with van der Waals surface area (Å²) in [7, 11) is -4.27. The van der Waals surface area contributed by atoms with Crippen molar-refractivity contribution in [3.63, 3.8) is 0 Å². The molecule has 0 aliphatic heterocycles. The fraction of sp³-hybridized carbons (Fsp3) is 0.375. The number of amides is 2. The first-order chi connectivity index (χ1) is 20.6. The largest absolute Gasteiger partial charge is 0.494 e. The highest BCUT2D eigenvalue weighted by molar-refractivity contribution is 9.10. The summed E-state index contributed by atoms with van der Waals surface area (Å²) in [6, 6.07) is 17.3. The Hall–Kier alpha value is -3.44. The standard InChI is InChI=1S/C32H37BrFN3O5S/c1-3-42-29-17-19-30(20-18-29)43(40,41)37(28-15-13-26(34)14-16-28)22-31(38)36(21-24-9-11-25(33)12-10-24)23(2)32(39)35-27-7-5-4-6-8-27/h9-20,23,27H,3-8,21-22H2,1-2H3,(H,35,39)/t23-/m1/s1. The van der Waals surface area contributed by atoms with Crippen LogP contribution < -0.4 is 14.4 Å². The van der Waals surface area contributed by atoms with Gasteiger partial charge in [0.25, 0.3) is 10.0 Å².